The van der Waals surface area contributed by atoms with E-state index < -0.39 is 0 Å². The number of fused-ring (bicyclic) bond motifs is 8. The smallest absolute Gasteiger partial charge is 0.0737 e. The average molecular weight is 671 g/mol. The molecule has 2 N–H and O–H groups in total. The maximum absolute atomic E-state index is 5.41. The number of benzene rings is 4. The second kappa shape index (κ2) is 12.7. The van der Waals surface area contributed by atoms with Crippen LogP contribution in [0.1, 0.15) is 39.2 Å². The summed E-state index contributed by atoms with van der Waals surface area (Å²) in [6, 6.07) is 45.9. The highest BCUT2D eigenvalue weighted by Gasteiger charge is 2.18. The maximum atomic E-state index is 5.41. The molecule has 8 bridgehead atoms. The molecule has 2 aliphatic heterocycles. The van der Waals surface area contributed by atoms with Gasteiger partial charge in [0, 0.05) is 56.1 Å². The summed E-state index contributed by atoms with van der Waals surface area (Å²) in [6.45, 7) is 8.50. The van der Waals surface area contributed by atoms with Crippen molar-refractivity contribution in [2.24, 2.45) is 4.99 Å². The van der Waals surface area contributed by atoms with Crippen molar-refractivity contribution in [3.63, 3.8) is 0 Å². The van der Waals surface area contributed by atoms with Gasteiger partial charge in [0.2, 0.25) is 0 Å². The van der Waals surface area contributed by atoms with Gasteiger partial charge in [-0.3, -0.25) is 4.99 Å². The fourth-order valence-corrected chi connectivity index (χ4v) is 7.33. The summed E-state index contributed by atoms with van der Waals surface area (Å²) in [4.78, 5) is 18.2. The molecule has 3 aromatic heterocycles. The average Bonchev–Trinajstić information content (AvgIpc) is 3.99. The van der Waals surface area contributed by atoms with Gasteiger partial charge in [-0.1, -0.05) is 119 Å². The zero-order chi connectivity index (χ0) is 35.3. The number of H-pyrrole nitrogens is 2. The van der Waals surface area contributed by atoms with Crippen LogP contribution in [0.25, 0.3) is 78.7 Å². The van der Waals surface area contributed by atoms with Gasteiger partial charge in [-0.05, 0) is 92.4 Å². The Hall–Kier alpha value is -6.52. The minimum absolute atomic E-state index is 0.910. The number of aryl methyl sites for hydroxylation is 4. The first-order valence-electron chi connectivity index (χ1n) is 17.8. The summed E-state index contributed by atoms with van der Waals surface area (Å²) in [5.41, 5.74) is 21.4. The lowest BCUT2D eigenvalue weighted by atomic mass is 9.99. The lowest BCUT2D eigenvalue weighted by Crippen LogP contribution is -1.89. The van der Waals surface area contributed by atoms with Crippen LogP contribution >= 0.6 is 0 Å². The monoisotopic (exact) mass is 670 g/mol. The van der Waals surface area contributed by atoms with Crippen molar-refractivity contribution in [3.05, 3.63) is 167 Å². The third-order valence-corrected chi connectivity index (χ3v) is 10.1. The fourth-order valence-electron chi connectivity index (χ4n) is 7.33. The number of hydrogen-bond donors (Lipinski definition) is 2. The van der Waals surface area contributed by atoms with Gasteiger partial charge in [0.25, 0.3) is 0 Å². The topological polar surface area (TPSA) is 56.8 Å². The molecule has 0 saturated carbocycles. The lowest BCUT2D eigenvalue weighted by Gasteiger charge is -2.07. The number of aromatic amines is 2. The van der Waals surface area contributed by atoms with Crippen LogP contribution in [0.5, 0.6) is 0 Å². The van der Waals surface area contributed by atoms with E-state index in [4.69, 9.17) is 9.98 Å². The van der Waals surface area contributed by atoms with Crippen LogP contribution < -0.4 is 0 Å². The molecule has 7 aromatic rings. The van der Waals surface area contributed by atoms with E-state index in [0.717, 1.165) is 89.2 Å². The molecule has 0 aliphatic carbocycles. The number of hydrogen-bond acceptors (Lipinski definition) is 2. The summed E-state index contributed by atoms with van der Waals surface area (Å²) in [7, 11) is 0. The lowest BCUT2D eigenvalue weighted by molar-refractivity contribution is 1.31. The van der Waals surface area contributed by atoms with Crippen LogP contribution in [-0.2, 0) is 0 Å². The molecule has 0 amide bonds. The van der Waals surface area contributed by atoms with Crippen molar-refractivity contribution in [1.82, 2.24) is 15.0 Å². The zero-order valence-corrected chi connectivity index (χ0v) is 29.8. The van der Waals surface area contributed by atoms with Gasteiger partial charge in [-0.15, -0.1) is 0 Å². The van der Waals surface area contributed by atoms with Gasteiger partial charge in [0.05, 0.1) is 17.1 Å². The largest absolute Gasteiger partial charge is 0.354 e. The minimum Gasteiger partial charge on any atom is -0.354 e. The molecule has 52 heavy (non-hydrogen) atoms. The molecule has 0 unspecified atom stereocenters. The molecule has 9 rings (SSSR count). The van der Waals surface area contributed by atoms with Gasteiger partial charge in [-0.2, -0.15) is 0 Å². The van der Waals surface area contributed by atoms with Crippen LogP contribution in [0.3, 0.4) is 0 Å². The predicted octanol–water partition coefficient (Wildman–Crippen LogP) is 12.7. The molecular weight excluding hydrogens is 633 g/mol. The van der Waals surface area contributed by atoms with Gasteiger partial charge >= 0.3 is 0 Å². The van der Waals surface area contributed by atoms with E-state index in [0.29, 0.717) is 0 Å². The zero-order valence-electron chi connectivity index (χ0n) is 29.8. The first kappa shape index (κ1) is 31.5. The Morgan fingerprint density at radius 3 is 1.15 bits per heavy atom. The number of nitrogens with one attached hydrogen (secondary N) is 2. The highest BCUT2D eigenvalue weighted by atomic mass is 14.8. The summed E-state index contributed by atoms with van der Waals surface area (Å²) in [6.07, 6.45) is 6.32. The van der Waals surface area contributed by atoms with Gasteiger partial charge < -0.3 is 9.97 Å². The van der Waals surface area contributed by atoms with Gasteiger partial charge in [0.1, 0.15) is 0 Å². The minimum atomic E-state index is 0.910. The fraction of sp³-hybridized carbons (Fsp3) is 0.0833. The van der Waals surface area contributed by atoms with Crippen molar-refractivity contribution in [2.45, 2.75) is 27.7 Å². The maximum Gasteiger partial charge on any atom is 0.0737 e. The molecule has 5 heterocycles. The Kier molecular flexibility index (Phi) is 7.66. The molecule has 0 fully saturated rings. The highest BCUT2D eigenvalue weighted by molar-refractivity contribution is 6.05. The quantitative estimate of drug-likeness (QED) is 0.192. The van der Waals surface area contributed by atoms with E-state index >= 15 is 0 Å². The SMILES string of the molecule is Cc1ccc(-c2c3cc(c(-c4ccc(C)cc4)c4ccc([nH]4)c(-c4ccc(C)cc4)c4nc(c(-c5ccc(C)cc5)c5ccc2[nH]5)C=C4)N=C3)cc1. The Balaban J connectivity index is 1.47. The van der Waals surface area contributed by atoms with E-state index in [9.17, 15) is 0 Å². The third-order valence-electron chi connectivity index (χ3n) is 10.1. The van der Waals surface area contributed by atoms with Crippen LogP contribution in [0.4, 0.5) is 5.69 Å². The van der Waals surface area contributed by atoms with Crippen LogP contribution in [0.2, 0.25) is 0 Å². The third kappa shape index (κ3) is 5.69. The van der Waals surface area contributed by atoms with Crippen LogP contribution in [0, 0.1) is 27.7 Å². The number of aromatic nitrogens is 3. The summed E-state index contributed by atoms with van der Waals surface area (Å²) < 4.78 is 0. The van der Waals surface area contributed by atoms with E-state index in [1.54, 1.807) is 0 Å². The Morgan fingerprint density at radius 1 is 0.385 bits per heavy atom. The second-order valence-electron chi connectivity index (χ2n) is 14.0. The number of rotatable bonds is 4. The molecule has 2 aliphatic rings. The summed E-state index contributed by atoms with van der Waals surface area (Å²) >= 11 is 0. The molecule has 4 heteroatoms. The normalized spacial score (nSPS) is 12.1. The predicted molar refractivity (Wildman–Crippen MR) is 220 cm³/mol. The Bertz CT molecular complexity index is 2350. The summed E-state index contributed by atoms with van der Waals surface area (Å²) in [5, 5.41) is 0. The molecular formula is C48H38N4. The van der Waals surface area contributed by atoms with Crippen molar-refractivity contribution in [2.75, 3.05) is 0 Å². The van der Waals surface area contributed by atoms with E-state index in [1.165, 1.54) is 22.3 Å². The van der Waals surface area contributed by atoms with Crippen molar-refractivity contribution < 1.29 is 0 Å². The van der Waals surface area contributed by atoms with E-state index in [2.05, 4.69) is 177 Å². The summed E-state index contributed by atoms with van der Waals surface area (Å²) in [5.74, 6) is 0. The Morgan fingerprint density at radius 2 is 0.731 bits per heavy atom. The Labute approximate surface area is 303 Å². The first-order valence-corrected chi connectivity index (χ1v) is 17.8. The number of aliphatic imine (C=N–C) groups is 1. The first-order chi connectivity index (χ1) is 25.4. The second-order valence-corrected chi connectivity index (χ2v) is 14.0. The molecule has 0 spiro atoms. The van der Waals surface area contributed by atoms with Crippen LogP contribution in [-0.4, -0.2) is 21.2 Å². The van der Waals surface area contributed by atoms with Crippen molar-refractivity contribution in [3.8, 4) is 44.5 Å². The van der Waals surface area contributed by atoms with E-state index in [1.807, 2.05) is 6.21 Å². The molecule has 0 atom stereocenters. The molecule has 0 radical (unpaired) electrons. The van der Waals surface area contributed by atoms with Crippen LogP contribution in [0.15, 0.2) is 132 Å². The standard InChI is InChI=1S/C48H38N4/c1-29-5-13-33(14-6-29)45-37-27-44(49-28-37)48(36-19-11-32(4)12-20-36)43-26-25-42(52-43)47(35-17-9-31(3)10-18-35)41-24-23-40(51-41)46(39-22-21-38(45)50-39)34-15-7-30(2)8-16-34/h5-28,50,52H,1-4H3. The molecule has 4 aromatic carbocycles. The van der Waals surface area contributed by atoms with Gasteiger partial charge in [0.15, 0.2) is 0 Å². The van der Waals surface area contributed by atoms with Gasteiger partial charge in [-0.25, -0.2) is 4.98 Å². The molecule has 250 valence electrons. The van der Waals surface area contributed by atoms with E-state index in [-0.39, 0.29) is 0 Å². The number of nitrogens with zero attached hydrogens (tertiary/aromatic N) is 2. The van der Waals surface area contributed by atoms with Crippen molar-refractivity contribution >= 4 is 46.1 Å². The highest BCUT2D eigenvalue weighted by Crippen LogP contribution is 2.40. The van der Waals surface area contributed by atoms with Crippen molar-refractivity contribution in [1.29, 1.82) is 0 Å². The molecule has 0 saturated heterocycles. The molecule has 4 nitrogen and oxygen atoms in total.